The monoisotopic (exact) mass is 237 g/mol. The molecule has 0 bridgehead atoms. The van der Waals surface area contributed by atoms with Crippen LogP contribution in [-0.4, -0.2) is 36.3 Å². The highest BCUT2D eigenvalue weighted by Crippen LogP contribution is 2.39. The Bertz CT molecular complexity index is 435. The average Bonchev–Trinajstić information content (AvgIpc) is 3.13. The summed E-state index contributed by atoms with van der Waals surface area (Å²) < 4.78 is 6.03. The number of nitrogens with one attached hydrogen (secondary N) is 1. The molecule has 0 radical (unpaired) electrons. The van der Waals surface area contributed by atoms with Crippen molar-refractivity contribution in [1.82, 2.24) is 9.97 Å². The molecule has 1 aromatic heterocycles. The van der Waals surface area contributed by atoms with Gasteiger partial charge < -0.3 is 14.6 Å². The second-order valence-electron chi connectivity index (χ2n) is 4.37. The van der Waals surface area contributed by atoms with E-state index in [1.54, 1.807) is 0 Å². The first kappa shape index (κ1) is 10.2. The van der Waals surface area contributed by atoms with Gasteiger partial charge in [-0.1, -0.05) is 12.2 Å². The third kappa shape index (κ3) is 2.10. The maximum Gasteiger partial charge on any atom is 0.204 e. The highest BCUT2D eigenvalue weighted by atomic mass is 32.1. The number of aromatic amines is 1. The standard InChI is InChI=1S/C11H15N3OS/c16-10-7-9(8-1-2-8)12-11(13-10)14-3-5-15-6-4-14/h7-8H,1-6H2,(H,12,13,16). The lowest BCUT2D eigenvalue weighted by Crippen LogP contribution is -2.37. The molecule has 86 valence electrons. The number of aromatic nitrogens is 2. The topological polar surface area (TPSA) is 41.2 Å². The average molecular weight is 237 g/mol. The zero-order valence-electron chi connectivity index (χ0n) is 9.11. The molecule has 1 aromatic rings. The second-order valence-corrected chi connectivity index (χ2v) is 4.79. The Kier molecular flexibility index (Phi) is 2.65. The van der Waals surface area contributed by atoms with Crippen LogP contribution in [0.3, 0.4) is 0 Å². The molecule has 0 amide bonds. The predicted molar refractivity (Wildman–Crippen MR) is 64.4 cm³/mol. The number of anilines is 1. The summed E-state index contributed by atoms with van der Waals surface area (Å²) >= 11 is 5.21. The van der Waals surface area contributed by atoms with Crippen LogP contribution < -0.4 is 4.90 Å². The highest BCUT2D eigenvalue weighted by Gasteiger charge is 2.25. The first-order valence-electron chi connectivity index (χ1n) is 5.77. The summed E-state index contributed by atoms with van der Waals surface area (Å²) in [5.41, 5.74) is 1.25. The molecule has 1 saturated heterocycles. The SMILES string of the molecule is S=c1cc(C2CC2)[nH]c(N2CCOCC2)n1. The summed E-state index contributed by atoms with van der Waals surface area (Å²) in [4.78, 5) is 10.0. The summed E-state index contributed by atoms with van der Waals surface area (Å²) in [6.07, 6.45) is 2.55. The first-order valence-corrected chi connectivity index (χ1v) is 6.18. The van der Waals surface area contributed by atoms with Gasteiger partial charge in [0, 0.05) is 18.8 Å². The highest BCUT2D eigenvalue weighted by molar-refractivity contribution is 7.71. The van der Waals surface area contributed by atoms with Gasteiger partial charge in [0.2, 0.25) is 5.95 Å². The number of rotatable bonds is 2. The van der Waals surface area contributed by atoms with Gasteiger partial charge in [-0.2, -0.15) is 0 Å². The normalized spacial score (nSPS) is 21.1. The molecule has 1 aliphatic carbocycles. The van der Waals surface area contributed by atoms with E-state index in [9.17, 15) is 0 Å². The molecule has 2 fully saturated rings. The molecule has 1 saturated carbocycles. The van der Waals surface area contributed by atoms with Crippen LogP contribution in [0, 0.1) is 4.64 Å². The van der Waals surface area contributed by atoms with Crippen molar-refractivity contribution in [2.75, 3.05) is 31.2 Å². The quantitative estimate of drug-likeness (QED) is 0.797. The fraction of sp³-hybridized carbons (Fsp3) is 0.636. The van der Waals surface area contributed by atoms with Gasteiger partial charge >= 0.3 is 0 Å². The molecular formula is C11H15N3OS. The van der Waals surface area contributed by atoms with Crippen molar-refractivity contribution in [2.45, 2.75) is 18.8 Å². The molecule has 5 heteroatoms. The van der Waals surface area contributed by atoms with Gasteiger partial charge in [-0.05, 0) is 24.8 Å². The smallest absolute Gasteiger partial charge is 0.204 e. The molecule has 16 heavy (non-hydrogen) atoms. The van der Waals surface area contributed by atoms with Crippen molar-refractivity contribution in [3.63, 3.8) is 0 Å². The van der Waals surface area contributed by atoms with Crippen molar-refractivity contribution >= 4 is 18.2 Å². The van der Waals surface area contributed by atoms with Gasteiger partial charge in [-0.15, -0.1) is 0 Å². The Morgan fingerprint density at radius 1 is 1.38 bits per heavy atom. The largest absolute Gasteiger partial charge is 0.378 e. The molecule has 3 rings (SSSR count). The number of H-pyrrole nitrogens is 1. The van der Waals surface area contributed by atoms with E-state index in [1.807, 2.05) is 6.07 Å². The minimum atomic E-state index is 0.685. The van der Waals surface area contributed by atoms with Crippen molar-refractivity contribution < 1.29 is 4.74 Å². The van der Waals surface area contributed by atoms with Crippen molar-refractivity contribution in [3.05, 3.63) is 16.4 Å². The van der Waals surface area contributed by atoms with E-state index in [4.69, 9.17) is 17.0 Å². The van der Waals surface area contributed by atoms with E-state index in [-0.39, 0.29) is 0 Å². The molecule has 1 aliphatic heterocycles. The summed E-state index contributed by atoms with van der Waals surface area (Å²) in [5.74, 6) is 1.60. The van der Waals surface area contributed by atoms with E-state index < -0.39 is 0 Å². The van der Waals surface area contributed by atoms with Gasteiger partial charge in [0.1, 0.15) is 4.64 Å². The van der Waals surface area contributed by atoms with Crippen LogP contribution in [-0.2, 0) is 4.74 Å². The molecule has 1 N–H and O–H groups in total. The van der Waals surface area contributed by atoms with Crippen LogP contribution in [0.5, 0.6) is 0 Å². The zero-order chi connectivity index (χ0) is 11.0. The summed E-state index contributed by atoms with van der Waals surface area (Å²) in [6, 6.07) is 2.00. The third-order valence-electron chi connectivity index (χ3n) is 3.08. The molecule has 0 unspecified atom stereocenters. The second kappa shape index (κ2) is 4.14. The molecular weight excluding hydrogens is 222 g/mol. The van der Waals surface area contributed by atoms with Crippen LogP contribution in [0.2, 0.25) is 0 Å². The van der Waals surface area contributed by atoms with Gasteiger partial charge in [0.25, 0.3) is 0 Å². The number of hydrogen-bond donors (Lipinski definition) is 1. The zero-order valence-corrected chi connectivity index (χ0v) is 9.92. The van der Waals surface area contributed by atoms with E-state index in [2.05, 4.69) is 14.9 Å². The third-order valence-corrected chi connectivity index (χ3v) is 3.29. The van der Waals surface area contributed by atoms with Crippen molar-refractivity contribution in [2.24, 2.45) is 0 Å². The summed E-state index contributed by atoms with van der Waals surface area (Å²) in [6.45, 7) is 3.34. The number of nitrogens with zero attached hydrogens (tertiary/aromatic N) is 2. The van der Waals surface area contributed by atoms with Crippen LogP contribution >= 0.6 is 12.2 Å². The molecule has 0 spiro atoms. The Labute approximate surface area is 99.6 Å². The van der Waals surface area contributed by atoms with Gasteiger partial charge in [0.05, 0.1) is 13.2 Å². The molecule has 0 atom stereocenters. The Morgan fingerprint density at radius 2 is 2.12 bits per heavy atom. The van der Waals surface area contributed by atoms with E-state index in [1.165, 1.54) is 18.5 Å². The van der Waals surface area contributed by atoms with Crippen LogP contribution in [0.25, 0.3) is 0 Å². The number of hydrogen-bond acceptors (Lipinski definition) is 4. The first-order chi connectivity index (χ1) is 7.83. The summed E-state index contributed by atoms with van der Waals surface area (Å²) in [5, 5.41) is 0. The minimum Gasteiger partial charge on any atom is -0.378 e. The maximum atomic E-state index is 5.33. The van der Waals surface area contributed by atoms with Gasteiger partial charge in [-0.25, -0.2) is 4.98 Å². The van der Waals surface area contributed by atoms with Gasteiger partial charge in [0.15, 0.2) is 0 Å². The lowest BCUT2D eigenvalue weighted by molar-refractivity contribution is 0.122. The van der Waals surface area contributed by atoms with E-state index >= 15 is 0 Å². The van der Waals surface area contributed by atoms with Crippen molar-refractivity contribution in [3.8, 4) is 0 Å². The maximum absolute atomic E-state index is 5.33. The molecule has 4 nitrogen and oxygen atoms in total. The summed E-state index contributed by atoms with van der Waals surface area (Å²) in [7, 11) is 0. The van der Waals surface area contributed by atoms with Crippen LogP contribution in [0.4, 0.5) is 5.95 Å². The lowest BCUT2D eigenvalue weighted by Gasteiger charge is -2.27. The number of ether oxygens (including phenoxy) is 1. The van der Waals surface area contributed by atoms with Crippen molar-refractivity contribution in [1.29, 1.82) is 0 Å². The minimum absolute atomic E-state index is 0.685. The Hall–Kier alpha value is -0.940. The molecule has 0 aromatic carbocycles. The molecule has 2 heterocycles. The van der Waals surface area contributed by atoms with Crippen LogP contribution in [0.1, 0.15) is 24.5 Å². The van der Waals surface area contributed by atoms with Gasteiger partial charge in [-0.3, -0.25) is 0 Å². The van der Waals surface area contributed by atoms with Crippen LogP contribution in [0.15, 0.2) is 6.07 Å². The molecule has 2 aliphatic rings. The lowest BCUT2D eigenvalue weighted by atomic mass is 10.3. The fourth-order valence-electron chi connectivity index (χ4n) is 2.00. The number of morpholine rings is 1. The Balaban J connectivity index is 1.89. The predicted octanol–water partition coefficient (Wildman–Crippen LogP) is 1.85. The van der Waals surface area contributed by atoms with E-state index in [0.717, 1.165) is 32.3 Å². The fourth-order valence-corrected chi connectivity index (χ4v) is 2.22. The van der Waals surface area contributed by atoms with E-state index in [0.29, 0.717) is 10.6 Å². The Morgan fingerprint density at radius 3 is 2.81 bits per heavy atom.